The molecule has 0 N–H and O–H groups in total. The van der Waals surface area contributed by atoms with Crippen molar-refractivity contribution in [2.75, 3.05) is 19.6 Å². The molecule has 0 saturated carbocycles. The standard InChI is InChI=1S/C21H26N6O/c28-21(15-6-7-19-22-23-24-27(19)13-15)26-9-3-4-14-10-16-11-17(20(14)26)12-25-8-2-1-5-18(16)25/h6-7,10,13,16-18,20H,1-5,8-9,11-12H2/t16-,17+,18+,20+/m0/s1. The van der Waals surface area contributed by atoms with E-state index in [1.54, 1.807) is 10.7 Å². The number of hydrogen-bond acceptors (Lipinski definition) is 5. The summed E-state index contributed by atoms with van der Waals surface area (Å²) in [5, 5.41) is 11.6. The largest absolute Gasteiger partial charge is 0.332 e. The van der Waals surface area contributed by atoms with Crippen molar-refractivity contribution in [2.45, 2.75) is 50.6 Å². The highest BCUT2D eigenvalue weighted by atomic mass is 16.2. The van der Waals surface area contributed by atoms with E-state index < -0.39 is 0 Å². The summed E-state index contributed by atoms with van der Waals surface area (Å²) in [7, 11) is 0. The summed E-state index contributed by atoms with van der Waals surface area (Å²) in [6.07, 6.45) is 11.8. The van der Waals surface area contributed by atoms with Crippen LogP contribution in [-0.4, -0.2) is 67.5 Å². The van der Waals surface area contributed by atoms with Crippen LogP contribution in [0.4, 0.5) is 0 Å². The van der Waals surface area contributed by atoms with Gasteiger partial charge in [-0.2, -0.15) is 4.52 Å². The molecular formula is C21H26N6O. The van der Waals surface area contributed by atoms with Crippen molar-refractivity contribution in [3.05, 3.63) is 35.5 Å². The van der Waals surface area contributed by atoms with Gasteiger partial charge in [-0.15, -0.1) is 5.10 Å². The van der Waals surface area contributed by atoms with Gasteiger partial charge in [-0.05, 0) is 73.0 Å². The first kappa shape index (κ1) is 16.7. The van der Waals surface area contributed by atoms with Crippen molar-refractivity contribution in [3.63, 3.8) is 0 Å². The van der Waals surface area contributed by atoms with Gasteiger partial charge in [0.15, 0.2) is 5.65 Å². The van der Waals surface area contributed by atoms with Crippen molar-refractivity contribution >= 4 is 11.6 Å². The van der Waals surface area contributed by atoms with Gasteiger partial charge in [-0.3, -0.25) is 9.69 Å². The number of nitrogens with zero attached hydrogens (tertiary/aromatic N) is 6. The quantitative estimate of drug-likeness (QED) is 0.712. The van der Waals surface area contributed by atoms with Crippen molar-refractivity contribution in [2.24, 2.45) is 11.8 Å². The molecule has 4 aliphatic rings. The summed E-state index contributed by atoms with van der Waals surface area (Å²) >= 11 is 0. The van der Waals surface area contributed by atoms with Gasteiger partial charge in [0.25, 0.3) is 5.91 Å². The molecule has 28 heavy (non-hydrogen) atoms. The molecule has 5 heterocycles. The molecule has 0 aromatic carbocycles. The van der Waals surface area contributed by atoms with E-state index in [0.29, 0.717) is 23.0 Å². The molecule has 4 atom stereocenters. The van der Waals surface area contributed by atoms with E-state index in [-0.39, 0.29) is 11.9 Å². The number of carbonyl (C=O) groups is 1. The van der Waals surface area contributed by atoms with Crippen LogP contribution in [0.2, 0.25) is 0 Å². The second kappa shape index (κ2) is 6.37. The summed E-state index contributed by atoms with van der Waals surface area (Å²) in [5.74, 6) is 1.38. The molecule has 146 valence electrons. The van der Waals surface area contributed by atoms with E-state index in [1.807, 2.05) is 12.1 Å². The van der Waals surface area contributed by atoms with Gasteiger partial charge in [0, 0.05) is 25.3 Å². The molecule has 6 rings (SSSR count). The Balaban J connectivity index is 1.33. The van der Waals surface area contributed by atoms with Gasteiger partial charge >= 0.3 is 0 Å². The zero-order chi connectivity index (χ0) is 18.7. The lowest BCUT2D eigenvalue weighted by Gasteiger charge is -2.54. The van der Waals surface area contributed by atoms with Gasteiger partial charge in [-0.25, -0.2) is 0 Å². The summed E-state index contributed by atoms with van der Waals surface area (Å²) in [4.78, 5) is 18.3. The lowest BCUT2D eigenvalue weighted by Crippen LogP contribution is -2.60. The monoisotopic (exact) mass is 378 g/mol. The molecule has 2 aromatic rings. The maximum Gasteiger partial charge on any atom is 0.255 e. The minimum atomic E-state index is 0.118. The van der Waals surface area contributed by atoms with Crippen molar-refractivity contribution in [3.8, 4) is 0 Å². The first-order valence-electron chi connectivity index (χ1n) is 10.7. The van der Waals surface area contributed by atoms with Crippen LogP contribution in [0.15, 0.2) is 30.0 Å². The SMILES string of the molecule is O=C(c1ccc2nnnn2c1)N1CCCC2=C[C@H]3C[C@H](CN4CCCC[C@H]34)[C@@H]21. The average Bonchev–Trinajstić information content (AvgIpc) is 3.21. The van der Waals surface area contributed by atoms with Crippen molar-refractivity contribution in [1.29, 1.82) is 0 Å². The van der Waals surface area contributed by atoms with E-state index in [9.17, 15) is 4.79 Å². The molecule has 1 aliphatic carbocycles. The first-order chi connectivity index (χ1) is 13.8. The maximum atomic E-state index is 13.5. The molecule has 7 heteroatoms. The Hall–Kier alpha value is -2.28. The normalized spacial score (nSPS) is 32.6. The minimum Gasteiger partial charge on any atom is -0.332 e. The molecule has 0 spiro atoms. The van der Waals surface area contributed by atoms with Crippen molar-refractivity contribution in [1.82, 2.24) is 29.8 Å². The van der Waals surface area contributed by atoms with Crippen LogP contribution in [0.25, 0.3) is 5.65 Å². The second-order valence-corrected chi connectivity index (χ2v) is 8.91. The summed E-state index contributed by atoms with van der Waals surface area (Å²) in [6, 6.07) is 4.69. The third-order valence-corrected chi connectivity index (χ3v) is 7.36. The third kappa shape index (κ3) is 2.52. The number of carbonyl (C=O) groups excluding carboxylic acids is 1. The molecule has 2 aromatic heterocycles. The Labute approximate surface area is 164 Å². The Kier molecular flexibility index (Phi) is 3.79. The summed E-state index contributed by atoms with van der Waals surface area (Å²) < 4.78 is 1.59. The predicted molar refractivity (Wildman–Crippen MR) is 104 cm³/mol. The molecule has 3 fully saturated rings. The van der Waals surface area contributed by atoms with E-state index >= 15 is 0 Å². The molecule has 7 nitrogen and oxygen atoms in total. The molecule has 3 aliphatic heterocycles. The van der Waals surface area contributed by atoms with Gasteiger partial charge in [0.2, 0.25) is 0 Å². The molecule has 0 unspecified atom stereocenters. The number of tetrazole rings is 1. The van der Waals surface area contributed by atoms with Crippen LogP contribution in [0, 0.1) is 11.8 Å². The number of likely N-dealkylation sites (tertiary alicyclic amines) is 1. The highest BCUT2D eigenvalue weighted by Crippen LogP contribution is 2.45. The lowest BCUT2D eigenvalue weighted by atomic mass is 9.68. The van der Waals surface area contributed by atoms with E-state index in [2.05, 4.69) is 31.4 Å². The highest BCUT2D eigenvalue weighted by Gasteiger charge is 2.47. The van der Waals surface area contributed by atoms with E-state index in [4.69, 9.17) is 0 Å². The van der Waals surface area contributed by atoms with Gasteiger partial charge < -0.3 is 4.90 Å². The predicted octanol–water partition coefficient (Wildman–Crippen LogP) is 2.16. The highest BCUT2D eigenvalue weighted by molar-refractivity contribution is 5.94. The average molecular weight is 378 g/mol. The fourth-order valence-electron chi connectivity index (χ4n) is 6.23. The topological polar surface area (TPSA) is 66.6 Å². The summed E-state index contributed by atoms with van der Waals surface area (Å²) in [5.41, 5.74) is 2.86. The Morgan fingerprint density at radius 1 is 1.14 bits per heavy atom. The molecular weight excluding hydrogens is 352 g/mol. The van der Waals surface area contributed by atoms with E-state index in [1.165, 1.54) is 37.8 Å². The molecule has 1 amide bonds. The molecule has 0 radical (unpaired) electrons. The second-order valence-electron chi connectivity index (χ2n) is 8.91. The minimum absolute atomic E-state index is 0.118. The number of rotatable bonds is 1. The maximum absolute atomic E-state index is 13.5. The number of amides is 1. The number of fused-ring (bicyclic) bond motifs is 7. The smallest absolute Gasteiger partial charge is 0.255 e. The number of hydrogen-bond donors (Lipinski definition) is 0. The van der Waals surface area contributed by atoms with Crippen LogP contribution in [-0.2, 0) is 0 Å². The number of pyridine rings is 1. The van der Waals surface area contributed by atoms with Gasteiger partial charge in [-0.1, -0.05) is 18.1 Å². The third-order valence-electron chi connectivity index (χ3n) is 7.36. The van der Waals surface area contributed by atoms with E-state index in [0.717, 1.165) is 32.0 Å². The fourth-order valence-corrected chi connectivity index (χ4v) is 6.23. The Bertz CT molecular complexity index is 951. The van der Waals surface area contributed by atoms with Crippen LogP contribution in [0.1, 0.15) is 48.9 Å². The van der Waals surface area contributed by atoms with Gasteiger partial charge in [0.1, 0.15) is 0 Å². The van der Waals surface area contributed by atoms with Crippen LogP contribution >= 0.6 is 0 Å². The number of aromatic nitrogens is 4. The van der Waals surface area contributed by atoms with Crippen LogP contribution < -0.4 is 0 Å². The summed E-state index contributed by atoms with van der Waals surface area (Å²) in [6.45, 7) is 3.23. The molecule has 2 bridgehead atoms. The lowest BCUT2D eigenvalue weighted by molar-refractivity contribution is 0.00146. The first-order valence-corrected chi connectivity index (χ1v) is 10.7. The zero-order valence-electron chi connectivity index (χ0n) is 16.1. The Morgan fingerprint density at radius 2 is 2.11 bits per heavy atom. The zero-order valence-corrected chi connectivity index (χ0v) is 16.1. The fraction of sp³-hybridized carbons (Fsp3) is 0.619. The van der Waals surface area contributed by atoms with Crippen molar-refractivity contribution < 1.29 is 4.79 Å². The van der Waals surface area contributed by atoms with Crippen LogP contribution in [0.3, 0.4) is 0 Å². The van der Waals surface area contributed by atoms with Crippen LogP contribution in [0.5, 0.6) is 0 Å². The van der Waals surface area contributed by atoms with Gasteiger partial charge in [0.05, 0.1) is 11.6 Å². The Morgan fingerprint density at radius 3 is 3.07 bits per heavy atom. The molecule has 3 saturated heterocycles. The number of piperidine rings is 3.